The first-order chi connectivity index (χ1) is 5.22. The number of hydrogen-bond acceptors (Lipinski definition) is 3. The standard InChI is InChI=1S/C7H13N3O/c1-5(10-8)4-6-2-3-7(11)9-6/h6H,2-4,8H2,1H3,(H,9,11)/b10-5+. The summed E-state index contributed by atoms with van der Waals surface area (Å²) in [5.74, 6) is 5.20. The highest BCUT2D eigenvalue weighted by Crippen LogP contribution is 2.10. The lowest BCUT2D eigenvalue weighted by Gasteiger charge is -2.07. The van der Waals surface area contributed by atoms with Gasteiger partial charge in [0.15, 0.2) is 0 Å². The van der Waals surface area contributed by atoms with Gasteiger partial charge in [0.1, 0.15) is 0 Å². The van der Waals surface area contributed by atoms with Gasteiger partial charge in [0.25, 0.3) is 0 Å². The third kappa shape index (κ3) is 2.22. The van der Waals surface area contributed by atoms with E-state index in [1.807, 2.05) is 6.92 Å². The van der Waals surface area contributed by atoms with Crippen molar-refractivity contribution in [3.63, 3.8) is 0 Å². The Hall–Kier alpha value is -1.06. The summed E-state index contributed by atoms with van der Waals surface area (Å²) in [5.41, 5.74) is 0.886. The molecule has 0 aromatic rings. The molecule has 0 spiro atoms. The van der Waals surface area contributed by atoms with Gasteiger partial charge in [-0.1, -0.05) is 0 Å². The first kappa shape index (κ1) is 8.04. The first-order valence-corrected chi connectivity index (χ1v) is 3.75. The molecule has 0 bridgehead atoms. The number of carbonyl (C=O) groups excluding carboxylic acids is 1. The molecular weight excluding hydrogens is 142 g/mol. The maximum absolute atomic E-state index is 10.7. The summed E-state index contributed by atoms with van der Waals surface area (Å²) in [6, 6.07) is 0.259. The molecule has 0 aliphatic carbocycles. The van der Waals surface area contributed by atoms with Gasteiger partial charge >= 0.3 is 0 Å². The number of nitrogens with one attached hydrogen (secondary N) is 1. The molecule has 4 nitrogen and oxygen atoms in total. The van der Waals surface area contributed by atoms with Crippen LogP contribution in [0.3, 0.4) is 0 Å². The average Bonchev–Trinajstić information content (AvgIpc) is 2.35. The van der Waals surface area contributed by atoms with Crippen molar-refractivity contribution in [3.05, 3.63) is 0 Å². The number of nitrogens with zero attached hydrogens (tertiary/aromatic N) is 1. The third-order valence-corrected chi connectivity index (χ3v) is 1.85. The lowest BCUT2D eigenvalue weighted by molar-refractivity contribution is -0.119. The van der Waals surface area contributed by atoms with Crippen LogP contribution in [-0.2, 0) is 4.79 Å². The smallest absolute Gasteiger partial charge is 0.220 e. The Morgan fingerprint density at radius 1 is 1.91 bits per heavy atom. The predicted molar refractivity (Wildman–Crippen MR) is 43.1 cm³/mol. The van der Waals surface area contributed by atoms with E-state index in [4.69, 9.17) is 5.84 Å². The molecular formula is C7H13N3O. The molecule has 0 aromatic carbocycles. The predicted octanol–water partition coefficient (Wildman–Crippen LogP) is -0.0103. The lowest BCUT2D eigenvalue weighted by atomic mass is 10.1. The Morgan fingerprint density at radius 3 is 3.09 bits per heavy atom. The zero-order valence-corrected chi connectivity index (χ0v) is 6.63. The fourth-order valence-electron chi connectivity index (χ4n) is 1.24. The fourth-order valence-corrected chi connectivity index (χ4v) is 1.24. The van der Waals surface area contributed by atoms with Crippen molar-refractivity contribution < 1.29 is 4.79 Å². The van der Waals surface area contributed by atoms with E-state index in [-0.39, 0.29) is 11.9 Å². The molecule has 1 amide bonds. The zero-order chi connectivity index (χ0) is 8.27. The van der Waals surface area contributed by atoms with E-state index < -0.39 is 0 Å². The van der Waals surface area contributed by atoms with E-state index in [2.05, 4.69) is 10.4 Å². The molecule has 3 N–H and O–H groups in total. The highest BCUT2D eigenvalue weighted by molar-refractivity contribution is 5.84. The average molecular weight is 155 g/mol. The molecule has 0 radical (unpaired) electrons. The summed E-state index contributed by atoms with van der Waals surface area (Å²) in [7, 11) is 0. The van der Waals surface area contributed by atoms with Crippen LogP contribution >= 0.6 is 0 Å². The fraction of sp³-hybridized carbons (Fsp3) is 0.714. The van der Waals surface area contributed by atoms with Gasteiger partial charge in [-0.25, -0.2) is 0 Å². The second kappa shape index (κ2) is 3.37. The van der Waals surface area contributed by atoms with E-state index >= 15 is 0 Å². The number of hydrazone groups is 1. The Labute approximate surface area is 65.8 Å². The minimum atomic E-state index is 0.139. The van der Waals surface area contributed by atoms with Gasteiger partial charge in [0.2, 0.25) is 5.91 Å². The lowest BCUT2D eigenvalue weighted by Crippen LogP contribution is -2.27. The quantitative estimate of drug-likeness (QED) is 0.334. The number of amides is 1. The third-order valence-electron chi connectivity index (χ3n) is 1.85. The molecule has 1 aliphatic heterocycles. The molecule has 11 heavy (non-hydrogen) atoms. The first-order valence-electron chi connectivity index (χ1n) is 3.75. The maximum Gasteiger partial charge on any atom is 0.220 e. The molecule has 62 valence electrons. The molecule has 1 aliphatic rings. The normalized spacial score (nSPS) is 25.4. The van der Waals surface area contributed by atoms with Crippen molar-refractivity contribution >= 4 is 11.6 Å². The number of carbonyl (C=O) groups is 1. The van der Waals surface area contributed by atoms with Crippen LogP contribution in [0.4, 0.5) is 0 Å². The van der Waals surface area contributed by atoms with Crippen LogP contribution in [0, 0.1) is 0 Å². The largest absolute Gasteiger partial charge is 0.353 e. The van der Waals surface area contributed by atoms with Gasteiger partial charge in [0, 0.05) is 24.6 Å². The van der Waals surface area contributed by atoms with Gasteiger partial charge in [0.05, 0.1) is 0 Å². The van der Waals surface area contributed by atoms with E-state index in [0.29, 0.717) is 6.42 Å². The van der Waals surface area contributed by atoms with Gasteiger partial charge in [-0.3, -0.25) is 4.79 Å². The van der Waals surface area contributed by atoms with Gasteiger partial charge in [-0.05, 0) is 13.3 Å². The van der Waals surface area contributed by atoms with Crippen LogP contribution < -0.4 is 11.2 Å². The monoisotopic (exact) mass is 155 g/mol. The van der Waals surface area contributed by atoms with Crippen molar-refractivity contribution in [2.24, 2.45) is 10.9 Å². The van der Waals surface area contributed by atoms with E-state index in [1.54, 1.807) is 0 Å². The van der Waals surface area contributed by atoms with Crippen LogP contribution in [0.5, 0.6) is 0 Å². The minimum absolute atomic E-state index is 0.139. The van der Waals surface area contributed by atoms with Crippen molar-refractivity contribution in [2.45, 2.75) is 32.2 Å². The van der Waals surface area contributed by atoms with E-state index in [0.717, 1.165) is 18.6 Å². The number of nitrogens with two attached hydrogens (primary N) is 1. The van der Waals surface area contributed by atoms with Crippen LogP contribution in [0.25, 0.3) is 0 Å². The molecule has 4 heteroatoms. The van der Waals surface area contributed by atoms with E-state index in [1.165, 1.54) is 0 Å². The van der Waals surface area contributed by atoms with Crippen molar-refractivity contribution in [1.82, 2.24) is 5.32 Å². The van der Waals surface area contributed by atoms with Crippen LogP contribution in [0.15, 0.2) is 5.10 Å². The molecule has 0 saturated carbocycles. The topological polar surface area (TPSA) is 67.5 Å². The molecule has 1 rings (SSSR count). The zero-order valence-electron chi connectivity index (χ0n) is 6.63. The summed E-state index contributed by atoms with van der Waals surface area (Å²) in [4.78, 5) is 10.7. The number of hydrogen-bond donors (Lipinski definition) is 2. The SMILES string of the molecule is C/C(CC1CCC(=O)N1)=N\N. The van der Waals surface area contributed by atoms with Crippen molar-refractivity contribution in [2.75, 3.05) is 0 Å². The highest BCUT2D eigenvalue weighted by atomic mass is 16.1. The molecule has 1 heterocycles. The van der Waals surface area contributed by atoms with Crippen LogP contribution in [0.2, 0.25) is 0 Å². The molecule has 1 unspecified atom stereocenters. The minimum Gasteiger partial charge on any atom is -0.353 e. The van der Waals surface area contributed by atoms with Crippen LogP contribution in [0.1, 0.15) is 26.2 Å². The molecule has 1 atom stereocenters. The Balaban J connectivity index is 2.34. The Kier molecular flexibility index (Phi) is 2.46. The number of rotatable bonds is 2. The Bertz CT molecular complexity index is 188. The Morgan fingerprint density at radius 2 is 2.64 bits per heavy atom. The summed E-state index contributed by atoms with van der Waals surface area (Å²) in [5, 5.41) is 6.39. The molecule has 0 aromatic heterocycles. The second-order valence-electron chi connectivity index (χ2n) is 2.87. The summed E-state index contributed by atoms with van der Waals surface area (Å²) < 4.78 is 0. The van der Waals surface area contributed by atoms with Crippen molar-refractivity contribution in [1.29, 1.82) is 0 Å². The summed E-state index contributed by atoms with van der Waals surface area (Å²) in [6.07, 6.45) is 2.33. The second-order valence-corrected chi connectivity index (χ2v) is 2.87. The van der Waals surface area contributed by atoms with Gasteiger partial charge in [-0.15, -0.1) is 0 Å². The summed E-state index contributed by atoms with van der Waals surface area (Å²) >= 11 is 0. The maximum atomic E-state index is 10.7. The highest BCUT2D eigenvalue weighted by Gasteiger charge is 2.20. The summed E-state index contributed by atoms with van der Waals surface area (Å²) in [6.45, 7) is 1.87. The van der Waals surface area contributed by atoms with E-state index in [9.17, 15) is 4.79 Å². The van der Waals surface area contributed by atoms with Gasteiger partial charge in [-0.2, -0.15) is 5.10 Å². The molecule has 1 fully saturated rings. The van der Waals surface area contributed by atoms with Gasteiger partial charge < -0.3 is 11.2 Å². The molecule has 1 saturated heterocycles. The van der Waals surface area contributed by atoms with Crippen molar-refractivity contribution in [3.8, 4) is 0 Å². The van der Waals surface area contributed by atoms with Crippen LogP contribution in [-0.4, -0.2) is 17.7 Å².